The lowest BCUT2D eigenvalue weighted by Crippen LogP contribution is -2.39. The van der Waals surface area contributed by atoms with E-state index in [9.17, 15) is 10.0 Å². The Bertz CT molecular complexity index is 407. The molecule has 0 amide bonds. The van der Waals surface area contributed by atoms with Gasteiger partial charge in [0.1, 0.15) is 0 Å². The number of benzene rings is 1. The molecule has 0 aliphatic carbocycles. The average molecular weight is 247 g/mol. The van der Waals surface area contributed by atoms with Gasteiger partial charge >= 0.3 is 7.12 Å². The molecule has 1 aromatic rings. The van der Waals surface area contributed by atoms with Crippen LogP contribution in [0, 0.1) is 5.41 Å². The van der Waals surface area contributed by atoms with Crippen molar-refractivity contribution in [2.24, 2.45) is 5.41 Å². The molecule has 1 heterocycles. The molecule has 0 radical (unpaired) electrons. The van der Waals surface area contributed by atoms with Crippen LogP contribution >= 0.6 is 0 Å². The molecule has 18 heavy (non-hydrogen) atoms. The summed E-state index contributed by atoms with van der Waals surface area (Å²) >= 11 is 0. The van der Waals surface area contributed by atoms with Gasteiger partial charge in [-0.05, 0) is 35.8 Å². The highest BCUT2D eigenvalue weighted by Gasteiger charge is 2.26. The van der Waals surface area contributed by atoms with Crippen LogP contribution in [0.1, 0.15) is 32.3 Å². The molecule has 0 atom stereocenters. The molecular weight excluding hydrogens is 225 g/mol. The number of rotatable bonds is 3. The third-order valence-electron chi connectivity index (χ3n) is 3.63. The van der Waals surface area contributed by atoms with Gasteiger partial charge < -0.3 is 10.0 Å². The van der Waals surface area contributed by atoms with Crippen molar-refractivity contribution < 1.29 is 10.0 Å². The fraction of sp³-hybridized carbons (Fsp3) is 0.571. The van der Waals surface area contributed by atoms with Crippen LogP contribution in [0.5, 0.6) is 0 Å². The zero-order valence-electron chi connectivity index (χ0n) is 11.3. The van der Waals surface area contributed by atoms with Crippen LogP contribution in [0.15, 0.2) is 24.3 Å². The van der Waals surface area contributed by atoms with Crippen LogP contribution in [-0.2, 0) is 6.54 Å². The molecule has 2 N–H and O–H groups in total. The highest BCUT2D eigenvalue weighted by atomic mass is 16.4. The molecular formula is C14H22BNO2. The lowest BCUT2D eigenvalue weighted by atomic mass is 9.79. The van der Waals surface area contributed by atoms with Crippen molar-refractivity contribution in [1.82, 2.24) is 4.90 Å². The van der Waals surface area contributed by atoms with Crippen LogP contribution in [0.4, 0.5) is 0 Å². The van der Waals surface area contributed by atoms with Crippen LogP contribution in [0.2, 0.25) is 0 Å². The molecule has 1 fully saturated rings. The molecule has 0 spiro atoms. The van der Waals surface area contributed by atoms with Crippen LogP contribution < -0.4 is 5.46 Å². The van der Waals surface area contributed by atoms with E-state index in [1.807, 2.05) is 18.2 Å². The Morgan fingerprint density at radius 3 is 2.78 bits per heavy atom. The van der Waals surface area contributed by atoms with Crippen LogP contribution in [-0.4, -0.2) is 35.2 Å². The number of hydrogen-bond donors (Lipinski definition) is 2. The summed E-state index contributed by atoms with van der Waals surface area (Å²) in [6.07, 6.45) is 2.54. The normalized spacial score (nSPS) is 19.8. The van der Waals surface area contributed by atoms with E-state index < -0.39 is 7.12 Å². The number of piperidine rings is 1. The maximum Gasteiger partial charge on any atom is 0.488 e. The van der Waals surface area contributed by atoms with Gasteiger partial charge in [0.2, 0.25) is 0 Å². The molecule has 1 saturated heterocycles. The first-order valence-corrected chi connectivity index (χ1v) is 6.64. The van der Waals surface area contributed by atoms with E-state index in [0.717, 1.165) is 25.2 Å². The monoisotopic (exact) mass is 247 g/mol. The lowest BCUT2D eigenvalue weighted by molar-refractivity contribution is 0.112. The minimum Gasteiger partial charge on any atom is -0.423 e. The van der Waals surface area contributed by atoms with Gasteiger partial charge in [-0.25, -0.2) is 0 Å². The molecule has 0 saturated carbocycles. The molecule has 0 unspecified atom stereocenters. The van der Waals surface area contributed by atoms with E-state index in [0.29, 0.717) is 10.9 Å². The van der Waals surface area contributed by atoms with Crippen molar-refractivity contribution in [2.45, 2.75) is 33.2 Å². The molecule has 98 valence electrons. The lowest BCUT2D eigenvalue weighted by Gasteiger charge is -2.38. The standard InChI is InChI=1S/C14H22BNO2/c1-14(2)7-4-8-16(11-14)10-12-5-3-6-13(9-12)15(17)18/h3,5-6,9,17-18H,4,7-8,10-11H2,1-2H3. The molecule has 1 aromatic carbocycles. The zero-order chi connectivity index (χ0) is 13.2. The highest BCUT2D eigenvalue weighted by Crippen LogP contribution is 2.29. The van der Waals surface area contributed by atoms with Gasteiger partial charge in [0, 0.05) is 13.1 Å². The predicted molar refractivity (Wildman–Crippen MR) is 74.6 cm³/mol. The summed E-state index contributed by atoms with van der Waals surface area (Å²) in [5.41, 5.74) is 2.12. The van der Waals surface area contributed by atoms with Gasteiger partial charge in [0.25, 0.3) is 0 Å². The van der Waals surface area contributed by atoms with Gasteiger partial charge in [-0.2, -0.15) is 0 Å². The van der Waals surface area contributed by atoms with E-state index in [1.165, 1.54) is 12.8 Å². The largest absolute Gasteiger partial charge is 0.488 e. The molecule has 1 aliphatic rings. The maximum atomic E-state index is 9.18. The highest BCUT2D eigenvalue weighted by molar-refractivity contribution is 6.58. The summed E-state index contributed by atoms with van der Waals surface area (Å²) in [5.74, 6) is 0. The van der Waals surface area contributed by atoms with E-state index >= 15 is 0 Å². The summed E-state index contributed by atoms with van der Waals surface area (Å²) in [7, 11) is -1.37. The Kier molecular flexibility index (Phi) is 4.10. The second-order valence-electron chi connectivity index (χ2n) is 6.10. The minimum atomic E-state index is -1.37. The fourth-order valence-corrected chi connectivity index (χ4v) is 2.79. The van der Waals surface area contributed by atoms with Gasteiger partial charge in [-0.3, -0.25) is 4.90 Å². The number of hydrogen-bond acceptors (Lipinski definition) is 3. The first-order valence-electron chi connectivity index (χ1n) is 6.64. The van der Waals surface area contributed by atoms with Crippen molar-refractivity contribution in [3.05, 3.63) is 29.8 Å². The van der Waals surface area contributed by atoms with Crippen molar-refractivity contribution in [3.63, 3.8) is 0 Å². The zero-order valence-corrected chi connectivity index (χ0v) is 11.3. The van der Waals surface area contributed by atoms with E-state index in [2.05, 4.69) is 18.7 Å². The van der Waals surface area contributed by atoms with Gasteiger partial charge in [-0.15, -0.1) is 0 Å². The Balaban J connectivity index is 2.03. The van der Waals surface area contributed by atoms with Gasteiger partial charge in [-0.1, -0.05) is 38.1 Å². The van der Waals surface area contributed by atoms with E-state index in [-0.39, 0.29) is 0 Å². The van der Waals surface area contributed by atoms with Gasteiger partial charge in [0.15, 0.2) is 0 Å². The second kappa shape index (κ2) is 5.43. The Morgan fingerprint density at radius 1 is 1.33 bits per heavy atom. The third-order valence-corrected chi connectivity index (χ3v) is 3.63. The average Bonchev–Trinajstić information content (AvgIpc) is 2.28. The second-order valence-corrected chi connectivity index (χ2v) is 6.10. The smallest absolute Gasteiger partial charge is 0.423 e. The molecule has 2 rings (SSSR count). The summed E-state index contributed by atoms with van der Waals surface area (Å²) in [4.78, 5) is 2.45. The fourth-order valence-electron chi connectivity index (χ4n) is 2.79. The Morgan fingerprint density at radius 2 is 2.11 bits per heavy atom. The molecule has 3 nitrogen and oxygen atoms in total. The SMILES string of the molecule is CC1(C)CCCN(Cc2cccc(B(O)O)c2)C1. The summed E-state index contributed by atoms with van der Waals surface area (Å²) < 4.78 is 0. The number of nitrogens with zero attached hydrogens (tertiary/aromatic N) is 1. The van der Waals surface area contributed by atoms with Crippen molar-refractivity contribution in [3.8, 4) is 0 Å². The first kappa shape index (κ1) is 13.6. The first-order chi connectivity index (χ1) is 8.46. The Labute approximate surface area is 110 Å². The summed E-state index contributed by atoms with van der Waals surface area (Å²) in [5, 5.41) is 18.4. The van der Waals surface area contributed by atoms with Crippen molar-refractivity contribution >= 4 is 12.6 Å². The summed E-state index contributed by atoms with van der Waals surface area (Å²) in [6.45, 7) is 7.76. The van der Waals surface area contributed by atoms with Crippen molar-refractivity contribution in [2.75, 3.05) is 13.1 Å². The van der Waals surface area contributed by atoms with Crippen LogP contribution in [0.25, 0.3) is 0 Å². The molecule has 4 heteroatoms. The summed E-state index contributed by atoms with van der Waals surface area (Å²) in [6, 6.07) is 7.56. The van der Waals surface area contributed by atoms with Gasteiger partial charge in [0.05, 0.1) is 0 Å². The van der Waals surface area contributed by atoms with E-state index in [4.69, 9.17) is 0 Å². The molecule has 0 bridgehead atoms. The predicted octanol–water partition coefficient (Wildman–Crippen LogP) is 0.988. The maximum absolute atomic E-state index is 9.18. The minimum absolute atomic E-state index is 0.395. The molecule has 0 aromatic heterocycles. The van der Waals surface area contributed by atoms with Crippen molar-refractivity contribution in [1.29, 1.82) is 0 Å². The molecule has 1 aliphatic heterocycles. The van der Waals surface area contributed by atoms with Crippen LogP contribution in [0.3, 0.4) is 0 Å². The number of likely N-dealkylation sites (tertiary alicyclic amines) is 1. The topological polar surface area (TPSA) is 43.7 Å². The van der Waals surface area contributed by atoms with E-state index in [1.54, 1.807) is 6.07 Å². The Hall–Kier alpha value is -0.835. The third kappa shape index (κ3) is 3.58. The quantitative estimate of drug-likeness (QED) is 0.783.